The van der Waals surface area contributed by atoms with Crippen LogP contribution in [-0.2, 0) is 22.6 Å². The zero-order chi connectivity index (χ0) is 20.6. The van der Waals surface area contributed by atoms with E-state index < -0.39 is 6.61 Å². The van der Waals surface area contributed by atoms with Gasteiger partial charge >= 0.3 is 6.61 Å². The number of fused-ring (bicyclic) bond motifs is 1. The van der Waals surface area contributed by atoms with Crippen molar-refractivity contribution >= 4 is 27.5 Å². The second-order valence-electron chi connectivity index (χ2n) is 6.03. The largest absolute Gasteiger partial charge is 0.493 e. The number of amides is 1. The van der Waals surface area contributed by atoms with Crippen molar-refractivity contribution in [2.75, 3.05) is 20.3 Å². The lowest BCUT2D eigenvalue weighted by Gasteiger charge is -2.11. The molecule has 0 radical (unpaired) electrons. The Morgan fingerprint density at radius 2 is 2.03 bits per heavy atom. The highest BCUT2D eigenvalue weighted by Gasteiger charge is 2.11. The number of para-hydroxylation sites is 1. The van der Waals surface area contributed by atoms with Crippen molar-refractivity contribution in [3.63, 3.8) is 0 Å². The molecule has 3 aromatic rings. The van der Waals surface area contributed by atoms with Gasteiger partial charge in [-0.3, -0.25) is 4.79 Å². The smallest absolute Gasteiger partial charge is 0.387 e. The number of alkyl halides is 2. The molecule has 0 spiro atoms. The fraction of sp³-hybridized carbons (Fsp3) is 0.300. The van der Waals surface area contributed by atoms with Crippen LogP contribution in [0.25, 0.3) is 10.2 Å². The summed E-state index contributed by atoms with van der Waals surface area (Å²) < 4.78 is 40.7. The number of methoxy groups -OCH3 is 1. The number of nitrogens with one attached hydrogen (secondary N) is 1. The first kappa shape index (κ1) is 20.9. The minimum atomic E-state index is -2.92. The van der Waals surface area contributed by atoms with Crippen LogP contribution in [0.3, 0.4) is 0 Å². The van der Waals surface area contributed by atoms with Crippen LogP contribution < -0.4 is 14.8 Å². The van der Waals surface area contributed by atoms with Gasteiger partial charge in [-0.1, -0.05) is 18.2 Å². The highest BCUT2D eigenvalue weighted by atomic mass is 32.1. The molecule has 0 aliphatic heterocycles. The highest BCUT2D eigenvalue weighted by molar-refractivity contribution is 7.18. The van der Waals surface area contributed by atoms with E-state index in [0.29, 0.717) is 13.0 Å². The minimum absolute atomic E-state index is 0.0291. The SMILES string of the molecule is COc1cc(CCNC(=O)COCc2nc3ccccc3s2)ccc1OC(F)F. The van der Waals surface area contributed by atoms with Gasteiger partial charge in [0, 0.05) is 6.54 Å². The molecule has 6 nitrogen and oxygen atoms in total. The van der Waals surface area contributed by atoms with Gasteiger partial charge in [-0.15, -0.1) is 11.3 Å². The monoisotopic (exact) mass is 422 g/mol. The molecule has 2 aromatic carbocycles. The van der Waals surface area contributed by atoms with Crippen molar-refractivity contribution in [1.82, 2.24) is 10.3 Å². The number of rotatable bonds is 10. The lowest BCUT2D eigenvalue weighted by Crippen LogP contribution is -2.29. The Hall–Kier alpha value is -2.78. The first-order valence-electron chi connectivity index (χ1n) is 8.86. The number of thiazole rings is 1. The molecule has 0 saturated heterocycles. The van der Waals surface area contributed by atoms with Crippen molar-refractivity contribution in [3.05, 3.63) is 53.0 Å². The van der Waals surface area contributed by atoms with Crippen LogP contribution in [0.2, 0.25) is 0 Å². The Kier molecular flexibility index (Phi) is 7.31. The lowest BCUT2D eigenvalue weighted by atomic mass is 10.1. The van der Waals surface area contributed by atoms with Crippen molar-refractivity contribution in [3.8, 4) is 11.5 Å². The van der Waals surface area contributed by atoms with E-state index in [1.807, 2.05) is 24.3 Å². The molecule has 1 aromatic heterocycles. The van der Waals surface area contributed by atoms with Crippen LogP contribution in [0.5, 0.6) is 11.5 Å². The topological polar surface area (TPSA) is 69.7 Å². The number of benzene rings is 2. The van der Waals surface area contributed by atoms with E-state index in [2.05, 4.69) is 15.0 Å². The van der Waals surface area contributed by atoms with Gasteiger partial charge in [0.05, 0.1) is 23.9 Å². The van der Waals surface area contributed by atoms with E-state index in [9.17, 15) is 13.6 Å². The average Bonchev–Trinajstić information content (AvgIpc) is 3.11. The zero-order valence-corrected chi connectivity index (χ0v) is 16.5. The molecule has 0 aliphatic rings. The number of nitrogens with zero attached hydrogens (tertiary/aromatic N) is 1. The molecule has 154 valence electrons. The number of carbonyl (C=O) groups is 1. The maximum atomic E-state index is 12.4. The fourth-order valence-electron chi connectivity index (χ4n) is 2.67. The van der Waals surface area contributed by atoms with Gasteiger partial charge < -0.3 is 19.5 Å². The fourth-order valence-corrected chi connectivity index (χ4v) is 3.58. The Morgan fingerprint density at radius 1 is 1.21 bits per heavy atom. The van der Waals surface area contributed by atoms with Gasteiger partial charge in [0.1, 0.15) is 11.6 Å². The molecule has 1 amide bonds. The zero-order valence-electron chi connectivity index (χ0n) is 15.7. The highest BCUT2D eigenvalue weighted by Crippen LogP contribution is 2.29. The van der Waals surface area contributed by atoms with E-state index >= 15 is 0 Å². The quantitative estimate of drug-likeness (QED) is 0.539. The molecule has 0 atom stereocenters. The molecule has 0 fully saturated rings. The van der Waals surface area contributed by atoms with E-state index in [1.54, 1.807) is 12.1 Å². The summed E-state index contributed by atoms with van der Waals surface area (Å²) >= 11 is 1.54. The van der Waals surface area contributed by atoms with E-state index in [0.717, 1.165) is 20.8 Å². The molecule has 29 heavy (non-hydrogen) atoms. The Morgan fingerprint density at radius 3 is 2.79 bits per heavy atom. The Bertz CT molecular complexity index is 932. The van der Waals surface area contributed by atoms with Crippen LogP contribution in [0.1, 0.15) is 10.6 Å². The normalized spacial score (nSPS) is 11.0. The summed E-state index contributed by atoms with van der Waals surface area (Å²) in [7, 11) is 1.38. The lowest BCUT2D eigenvalue weighted by molar-refractivity contribution is -0.126. The van der Waals surface area contributed by atoms with Crippen LogP contribution in [-0.4, -0.2) is 37.8 Å². The number of hydrogen-bond donors (Lipinski definition) is 1. The summed E-state index contributed by atoms with van der Waals surface area (Å²) in [5, 5.41) is 3.57. The molecule has 0 unspecified atom stereocenters. The number of hydrogen-bond acceptors (Lipinski definition) is 6. The average molecular weight is 422 g/mol. The van der Waals surface area contributed by atoms with Crippen LogP contribution >= 0.6 is 11.3 Å². The molecule has 1 N–H and O–H groups in total. The third-order valence-electron chi connectivity index (χ3n) is 3.98. The summed E-state index contributed by atoms with van der Waals surface area (Å²) in [6, 6.07) is 12.5. The summed E-state index contributed by atoms with van der Waals surface area (Å²) in [6.45, 7) is -2.34. The van der Waals surface area contributed by atoms with Crippen molar-refractivity contribution in [1.29, 1.82) is 0 Å². The molecular formula is C20H20F2N2O4S. The second-order valence-corrected chi connectivity index (χ2v) is 7.15. The van der Waals surface area contributed by atoms with Crippen LogP contribution in [0.15, 0.2) is 42.5 Å². The maximum absolute atomic E-state index is 12.4. The van der Waals surface area contributed by atoms with Gasteiger partial charge in [0.15, 0.2) is 11.5 Å². The molecule has 3 rings (SSSR count). The van der Waals surface area contributed by atoms with E-state index in [1.165, 1.54) is 24.5 Å². The Balaban J connectivity index is 1.40. The molecular weight excluding hydrogens is 402 g/mol. The molecule has 0 saturated carbocycles. The number of aromatic nitrogens is 1. The van der Waals surface area contributed by atoms with Gasteiger partial charge in [-0.2, -0.15) is 8.78 Å². The summed E-state index contributed by atoms with van der Waals surface area (Å²) in [4.78, 5) is 16.4. The minimum Gasteiger partial charge on any atom is -0.493 e. The Labute approximate surface area is 170 Å². The van der Waals surface area contributed by atoms with Crippen LogP contribution in [0, 0.1) is 0 Å². The first-order chi connectivity index (χ1) is 14.0. The van der Waals surface area contributed by atoms with E-state index in [-0.39, 0.29) is 30.6 Å². The standard InChI is InChI=1S/C20H20F2N2O4S/c1-26-16-10-13(6-7-15(16)28-20(21)22)8-9-23-18(25)11-27-12-19-24-14-4-2-3-5-17(14)29-19/h2-7,10,20H,8-9,11-12H2,1H3,(H,23,25). The van der Waals surface area contributed by atoms with Gasteiger partial charge in [-0.05, 0) is 36.2 Å². The van der Waals surface area contributed by atoms with Gasteiger partial charge in [0.25, 0.3) is 0 Å². The predicted octanol–water partition coefficient (Wildman–Crippen LogP) is 3.78. The van der Waals surface area contributed by atoms with E-state index in [4.69, 9.17) is 9.47 Å². The number of carbonyl (C=O) groups excluding carboxylic acids is 1. The maximum Gasteiger partial charge on any atom is 0.387 e. The van der Waals surface area contributed by atoms with Crippen LogP contribution in [0.4, 0.5) is 8.78 Å². The van der Waals surface area contributed by atoms with Crippen molar-refractivity contribution in [2.45, 2.75) is 19.6 Å². The van der Waals surface area contributed by atoms with Gasteiger partial charge in [-0.25, -0.2) is 4.98 Å². The molecule has 0 bridgehead atoms. The first-order valence-corrected chi connectivity index (χ1v) is 9.67. The number of halogens is 2. The third kappa shape index (κ3) is 6.10. The second kappa shape index (κ2) is 10.1. The van der Waals surface area contributed by atoms with Crippen molar-refractivity contribution < 1.29 is 27.8 Å². The summed E-state index contributed by atoms with van der Waals surface area (Å²) in [6.07, 6.45) is 0.509. The van der Waals surface area contributed by atoms with Crippen molar-refractivity contribution in [2.24, 2.45) is 0 Å². The predicted molar refractivity (Wildman–Crippen MR) is 106 cm³/mol. The van der Waals surface area contributed by atoms with Gasteiger partial charge in [0.2, 0.25) is 5.91 Å². The third-order valence-corrected chi connectivity index (χ3v) is 4.99. The molecule has 0 aliphatic carbocycles. The molecule has 1 heterocycles. The summed E-state index contributed by atoms with van der Waals surface area (Å²) in [5.74, 6) is -0.0532. The summed E-state index contributed by atoms with van der Waals surface area (Å²) in [5.41, 5.74) is 1.74. The number of ether oxygens (including phenoxy) is 3. The molecule has 9 heteroatoms.